The number of nitrogens with two attached hydrogens (primary N) is 1. The van der Waals surface area contributed by atoms with E-state index < -0.39 is 10.0 Å². The van der Waals surface area contributed by atoms with E-state index in [1.165, 1.54) is 0 Å². The minimum Gasteiger partial charge on any atom is -0.330 e. The molecule has 1 aromatic rings. The van der Waals surface area contributed by atoms with Gasteiger partial charge in [-0.2, -0.15) is 0 Å². The Morgan fingerprint density at radius 2 is 2.00 bits per heavy atom. The van der Waals surface area contributed by atoms with Crippen molar-refractivity contribution in [2.24, 2.45) is 11.1 Å². The minimum atomic E-state index is -3.43. The number of sulfonamides is 1. The van der Waals surface area contributed by atoms with E-state index in [9.17, 15) is 8.42 Å². The Labute approximate surface area is 103 Å². The lowest BCUT2D eigenvalue weighted by molar-refractivity contribution is 0.376. The predicted octanol–water partition coefficient (Wildman–Crippen LogP) is 1.26. The molecule has 0 aliphatic rings. The summed E-state index contributed by atoms with van der Waals surface area (Å²) in [5, 5.41) is 0. The summed E-state index contributed by atoms with van der Waals surface area (Å²) in [7, 11) is -3.43. The maximum absolute atomic E-state index is 12.0. The molecule has 0 unspecified atom stereocenters. The van der Waals surface area contributed by atoms with E-state index in [2.05, 4.69) is 4.72 Å². The molecule has 0 fully saturated rings. The van der Waals surface area contributed by atoms with Gasteiger partial charge in [0, 0.05) is 6.54 Å². The first-order chi connectivity index (χ1) is 7.77. The van der Waals surface area contributed by atoms with Crippen LogP contribution < -0.4 is 10.5 Å². The first-order valence-corrected chi connectivity index (χ1v) is 7.02. The molecule has 0 aromatic heterocycles. The Morgan fingerprint density at radius 1 is 1.35 bits per heavy atom. The van der Waals surface area contributed by atoms with Gasteiger partial charge in [-0.05, 0) is 36.6 Å². The molecule has 17 heavy (non-hydrogen) atoms. The van der Waals surface area contributed by atoms with Crippen LogP contribution in [-0.4, -0.2) is 21.5 Å². The molecule has 0 radical (unpaired) electrons. The van der Waals surface area contributed by atoms with Gasteiger partial charge in [-0.15, -0.1) is 0 Å². The Bertz CT molecular complexity index is 481. The van der Waals surface area contributed by atoms with E-state index in [-0.39, 0.29) is 5.41 Å². The smallest absolute Gasteiger partial charge is 0.240 e. The summed E-state index contributed by atoms with van der Waals surface area (Å²) in [5.74, 6) is 0. The van der Waals surface area contributed by atoms with Crippen molar-refractivity contribution in [2.45, 2.75) is 25.7 Å². The molecular weight excluding hydrogens is 236 g/mol. The first-order valence-electron chi connectivity index (χ1n) is 5.53. The second-order valence-corrected chi connectivity index (χ2v) is 6.78. The SMILES string of the molecule is Cc1cccc(S(=O)(=O)NCC(C)(C)CN)c1. The van der Waals surface area contributed by atoms with Crippen LogP contribution in [0.2, 0.25) is 0 Å². The topological polar surface area (TPSA) is 72.2 Å². The van der Waals surface area contributed by atoms with Crippen molar-refractivity contribution >= 4 is 10.0 Å². The van der Waals surface area contributed by atoms with Crippen molar-refractivity contribution in [1.29, 1.82) is 0 Å². The molecule has 0 heterocycles. The third-order valence-electron chi connectivity index (χ3n) is 2.59. The third-order valence-corrected chi connectivity index (χ3v) is 3.99. The highest BCUT2D eigenvalue weighted by Gasteiger charge is 2.20. The quantitative estimate of drug-likeness (QED) is 0.833. The van der Waals surface area contributed by atoms with E-state index in [1.54, 1.807) is 18.2 Å². The van der Waals surface area contributed by atoms with Crippen molar-refractivity contribution in [2.75, 3.05) is 13.1 Å². The summed E-state index contributed by atoms with van der Waals surface area (Å²) in [5.41, 5.74) is 6.25. The van der Waals surface area contributed by atoms with Crippen LogP contribution in [0.15, 0.2) is 29.2 Å². The van der Waals surface area contributed by atoms with Crippen LogP contribution in [0, 0.1) is 12.3 Å². The summed E-state index contributed by atoms with van der Waals surface area (Å²) in [4.78, 5) is 0.297. The van der Waals surface area contributed by atoms with E-state index in [4.69, 9.17) is 5.73 Å². The maximum Gasteiger partial charge on any atom is 0.240 e. The Morgan fingerprint density at radius 3 is 2.53 bits per heavy atom. The second kappa shape index (κ2) is 5.16. The molecule has 0 bridgehead atoms. The fraction of sp³-hybridized carbons (Fsp3) is 0.500. The van der Waals surface area contributed by atoms with Crippen LogP contribution in [-0.2, 0) is 10.0 Å². The van der Waals surface area contributed by atoms with E-state index in [1.807, 2.05) is 26.8 Å². The summed E-state index contributed by atoms with van der Waals surface area (Å²) in [6, 6.07) is 6.84. The zero-order valence-corrected chi connectivity index (χ0v) is 11.3. The van der Waals surface area contributed by atoms with E-state index >= 15 is 0 Å². The molecule has 4 nitrogen and oxygen atoms in total. The molecule has 0 atom stereocenters. The summed E-state index contributed by atoms with van der Waals surface area (Å²) in [6.45, 7) is 6.48. The predicted molar refractivity (Wildman–Crippen MR) is 69.2 cm³/mol. The summed E-state index contributed by atoms with van der Waals surface area (Å²) >= 11 is 0. The lowest BCUT2D eigenvalue weighted by Crippen LogP contribution is -2.38. The van der Waals surface area contributed by atoms with Crippen molar-refractivity contribution in [3.63, 3.8) is 0 Å². The van der Waals surface area contributed by atoms with Crippen LogP contribution in [0.4, 0.5) is 0 Å². The van der Waals surface area contributed by atoms with Gasteiger partial charge in [0.1, 0.15) is 0 Å². The van der Waals surface area contributed by atoms with Gasteiger partial charge in [-0.25, -0.2) is 13.1 Å². The highest BCUT2D eigenvalue weighted by molar-refractivity contribution is 7.89. The van der Waals surface area contributed by atoms with E-state index in [0.717, 1.165) is 5.56 Å². The summed E-state index contributed by atoms with van der Waals surface area (Å²) < 4.78 is 26.6. The van der Waals surface area contributed by atoms with Crippen LogP contribution in [0.1, 0.15) is 19.4 Å². The first kappa shape index (κ1) is 14.2. The van der Waals surface area contributed by atoms with Gasteiger partial charge in [-0.1, -0.05) is 26.0 Å². The highest BCUT2D eigenvalue weighted by atomic mass is 32.2. The molecular formula is C12H20N2O2S. The van der Waals surface area contributed by atoms with Gasteiger partial charge < -0.3 is 5.73 Å². The number of hydrogen-bond donors (Lipinski definition) is 2. The van der Waals surface area contributed by atoms with Gasteiger partial charge in [-0.3, -0.25) is 0 Å². The standard InChI is InChI=1S/C12H20N2O2S/c1-10-5-4-6-11(7-10)17(15,16)14-9-12(2,3)8-13/h4-7,14H,8-9,13H2,1-3H3. The van der Waals surface area contributed by atoms with Gasteiger partial charge in [0.15, 0.2) is 0 Å². The Balaban J connectivity index is 2.83. The fourth-order valence-electron chi connectivity index (χ4n) is 1.23. The third kappa shape index (κ3) is 4.11. The van der Waals surface area contributed by atoms with Crippen LogP contribution in [0.25, 0.3) is 0 Å². The Hall–Kier alpha value is -0.910. The Kier molecular flexibility index (Phi) is 4.30. The average Bonchev–Trinajstić information content (AvgIpc) is 2.27. The number of hydrogen-bond acceptors (Lipinski definition) is 3. The molecule has 1 aromatic carbocycles. The zero-order valence-electron chi connectivity index (χ0n) is 10.5. The number of aryl methyl sites for hydroxylation is 1. The number of rotatable bonds is 5. The molecule has 0 spiro atoms. The monoisotopic (exact) mass is 256 g/mol. The molecule has 0 aliphatic heterocycles. The average molecular weight is 256 g/mol. The van der Waals surface area contributed by atoms with Gasteiger partial charge >= 0.3 is 0 Å². The van der Waals surface area contributed by atoms with Crippen LogP contribution in [0.3, 0.4) is 0 Å². The largest absolute Gasteiger partial charge is 0.330 e. The molecule has 0 saturated heterocycles. The number of nitrogens with one attached hydrogen (secondary N) is 1. The normalized spacial score (nSPS) is 12.7. The molecule has 0 aliphatic carbocycles. The van der Waals surface area contributed by atoms with Crippen molar-refractivity contribution < 1.29 is 8.42 Å². The lowest BCUT2D eigenvalue weighted by atomic mass is 9.95. The molecule has 1 rings (SSSR count). The second-order valence-electron chi connectivity index (χ2n) is 5.01. The van der Waals surface area contributed by atoms with E-state index in [0.29, 0.717) is 18.0 Å². The molecule has 0 amide bonds. The molecule has 96 valence electrons. The number of benzene rings is 1. The van der Waals surface area contributed by atoms with Crippen molar-refractivity contribution in [3.8, 4) is 0 Å². The van der Waals surface area contributed by atoms with Crippen molar-refractivity contribution in [3.05, 3.63) is 29.8 Å². The lowest BCUT2D eigenvalue weighted by Gasteiger charge is -2.22. The molecule has 5 heteroatoms. The van der Waals surface area contributed by atoms with Crippen LogP contribution >= 0.6 is 0 Å². The van der Waals surface area contributed by atoms with Crippen molar-refractivity contribution in [1.82, 2.24) is 4.72 Å². The van der Waals surface area contributed by atoms with Crippen LogP contribution in [0.5, 0.6) is 0 Å². The molecule has 3 N–H and O–H groups in total. The summed E-state index contributed by atoms with van der Waals surface area (Å²) in [6.07, 6.45) is 0. The van der Waals surface area contributed by atoms with Gasteiger partial charge in [0.2, 0.25) is 10.0 Å². The minimum absolute atomic E-state index is 0.239. The molecule has 0 saturated carbocycles. The fourth-order valence-corrected chi connectivity index (χ4v) is 2.57. The highest BCUT2D eigenvalue weighted by Crippen LogP contribution is 2.14. The van der Waals surface area contributed by atoms with Gasteiger partial charge in [0.05, 0.1) is 4.90 Å². The van der Waals surface area contributed by atoms with Gasteiger partial charge in [0.25, 0.3) is 0 Å². The zero-order chi connectivity index (χ0) is 13.1. The maximum atomic E-state index is 12.0.